The molecular weight excluding hydrogens is 420 g/mol. The number of aliphatic hydroxyl groups excluding tert-OH is 1. The third-order valence-corrected chi connectivity index (χ3v) is 8.38. The van der Waals surface area contributed by atoms with Crippen LogP contribution in [0.3, 0.4) is 0 Å². The monoisotopic (exact) mass is 444 g/mol. The molecule has 1 aliphatic rings. The van der Waals surface area contributed by atoms with Crippen LogP contribution in [0.2, 0.25) is 0 Å². The number of piperazine rings is 1. The summed E-state index contributed by atoms with van der Waals surface area (Å²) >= 11 is 5.63. The van der Waals surface area contributed by atoms with E-state index >= 15 is 0 Å². The lowest BCUT2D eigenvalue weighted by Gasteiger charge is -2.34. The minimum absolute atomic E-state index is 0.208. The molecule has 2 N–H and O–H groups in total. The highest BCUT2D eigenvalue weighted by Crippen LogP contribution is 2.42. The molecule has 0 radical (unpaired) electrons. The number of phenols is 1. The first kappa shape index (κ1) is 20.7. The third-order valence-electron chi connectivity index (χ3n) is 5.31. The van der Waals surface area contributed by atoms with Gasteiger partial charge in [-0.1, -0.05) is 63.2 Å². The van der Waals surface area contributed by atoms with Crippen LogP contribution in [0.1, 0.15) is 5.56 Å². The molecule has 1 aromatic heterocycles. The van der Waals surface area contributed by atoms with Crippen molar-refractivity contribution < 1.29 is 10.2 Å². The van der Waals surface area contributed by atoms with Crippen LogP contribution in [0.4, 0.5) is 0 Å². The van der Waals surface area contributed by atoms with E-state index in [4.69, 9.17) is 17.3 Å². The van der Waals surface area contributed by atoms with Crippen molar-refractivity contribution >= 4 is 32.9 Å². The van der Waals surface area contributed by atoms with Crippen molar-refractivity contribution in [2.45, 2.75) is 6.54 Å². The van der Waals surface area contributed by atoms with E-state index in [2.05, 4.69) is 28.0 Å². The summed E-state index contributed by atoms with van der Waals surface area (Å²) in [5.74, 6) is 0.339. The molecule has 0 aliphatic carbocycles. The molecule has 0 atom stereocenters. The van der Waals surface area contributed by atoms with E-state index in [1.807, 2.05) is 24.3 Å². The standard InChI is InChI=1S/C22H24N2O2S3/c25-13-12-23-8-10-24(11-9-23)15-18-14-17(6-7-19(18)26)21-20(22(27)29-28-21)16-4-2-1-3-5-16/h1-7,14,25-26H,8-13,15H2. The third kappa shape index (κ3) is 4.77. The Morgan fingerprint density at radius 2 is 1.62 bits per heavy atom. The van der Waals surface area contributed by atoms with Crippen molar-refractivity contribution in [3.8, 4) is 27.3 Å². The van der Waals surface area contributed by atoms with E-state index in [1.165, 1.54) is 4.88 Å². The van der Waals surface area contributed by atoms with E-state index in [9.17, 15) is 5.11 Å². The Bertz CT molecular complexity index is 1010. The van der Waals surface area contributed by atoms with Crippen molar-refractivity contribution in [1.29, 1.82) is 0 Å². The average Bonchev–Trinajstić information content (AvgIpc) is 3.13. The molecule has 4 nitrogen and oxygen atoms in total. The number of nitrogens with zero attached hydrogens (tertiary/aromatic N) is 2. The quantitative estimate of drug-likeness (QED) is 0.427. The van der Waals surface area contributed by atoms with E-state index in [0.717, 1.165) is 65.3 Å². The number of hydrogen-bond acceptors (Lipinski definition) is 7. The van der Waals surface area contributed by atoms with Gasteiger partial charge in [-0.3, -0.25) is 9.80 Å². The van der Waals surface area contributed by atoms with Crippen LogP contribution >= 0.6 is 32.9 Å². The molecule has 4 rings (SSSR count). The van der Waals surface area contributed by atoms with Crippen molar-refractivity contribution in [2.24, 2.45) is 0 Å². The lowest BCUT2D eigenvalue weighted by molar-refractivity contribution is 0.108. The molecule has 1 fully saturated rings. The maximum absolute atomic E-state index is 10.5. The zero-order valence-electron chi connectivity index (χ0n) is 16.1. The number of aromatic hydroxyl groups is 1. The molecule has 3 aromatic rings. The Hall–Kier alpha value is -1.61. The Morgan fingerprint density at radius 1 is 0.897 bits per heavy atom. The predicted molar refractivity (Wildman–Crippen MR) is 124 cm³/mol. The van der Waals surface area contributed by atoms with Crippen LogP contribution in [0.5, 0.6) is 5.75 Å². The number of benzene rings is 2. The van der Waals surface area contributed by atoms with Gasteiger partial charge in [-0.2, -0.15) is 0 Å². The summed E-state index contributed by atoms with van der Waals surface area (Å²) in [6.07, 6.45) is 0. The molecule has 0 spiro atoms. The molecule has 1 aliphatic heterocycles. The lowest BCUT2D eigenvalue weighted by Crippen LogP contribution is -2.46. The van der Waals surface area contributed by atoms with Gasteiger partial charge in [-0.15, -0.1) is 0 Å². The molecule has 0 amide bonds. The first-order chi connectivity index (χ1) is 14.2. The fourth-order valence-corrected chi connectivity index (χ4v) is 6.62. The summed E-state index contributed by atoms with van der Waals surface area (Å²) in [5, 5.41) is 19.6. The van der Waals surface area contributed by atoms with Crippen LogP contribution in [0.25, 0.3) is 21.6 Å². The van der Waals surface area contributed by atoms with E-state index in [1.54, 1.807) is 26.7 Å². The van der Waals surface area contributed by atoms with Crippen molar-refractivity contribution in [3.63, 3.8) is 0 Å². The molecule has 1 saturated heterocycles. The van der Waals surface area contributed by atoms with Gasteiger partial charge in [-0.25, -0.2) is 0 Å². The maximum atomic E-state index is 10.5. The van der Waals surface area contributed by atoms with E-state index in [-0.39, 0.29) is 6.61 Å². The number of hydrogen-bond donors (Lipinski definition) is 2. The van der Waals surface area contributed by atoms with Gasteiger partial charge in [0.05, 0.1) is 11.5 Å². The summed E-state index contributed by atoms with van der Waals surface area (Å²) in [6, 6.07) is 16.2. The summed E-state index contributed by atoms with van der Waals surface area (Å²) in [6.45, 7) is 5.45. The first-order valence-electron chi connectivity index (χ1n) is 9.72. The zero-order chi connectivity index (χ0) is 20.2. The van der Waals surface area contributed by atoms with Crippen LogP contribution in [-0.2, 0) is 6.54 Å². The fourth-order valence-electron chi connectivity index (χ4n) is 3.71. The minimum Gasteiger partial charge on any atom is -0.508 e. The maximum Gasteiger partial charge on any atom is 0.120 e. The largest absolute Gasteiger partial charge is 0.508 e. The van der Waals surface area contributed by atoms with Crippen LogP contribution in [0.15, 0.2) is 48.5 Å². The molecule has 2 aromatic carbocycles. The second-order valence-corrected chi connectivity index (χ2v) is 10.0. The Labute approximate surface area is 183 Å². The second-order valence-electron chi connectivity index (χ2n) is 7.21. The number of β-amino-alcohol motifs (C(OH)–C–C–N with tert-alkyl or cyclic N) is 1. The molecule has 7 heteroatoms. The van der Waals surface area contributed by atoms with Crippen LogP contribution in [-0.4, -0.2) is 59.3 Å². The number of phenolic OH excluding ortho intramolecular Hbond substituents is 1. The number of aliphatic hydroxyl groups is 1. The van der Waals surface area contributed by atoms with Gasteiger partial charge in [0.2, 0.25) is 0 Å². The van der Waals surface area contributed by atoms with Crippen molar-refractivity contribution in [3.05, 3.63) is 57.9 Å². The highest BCUT2D eigenvalue weighted by atomic mass is 32.9. The Kier molecular flexibility index (Phi) is 6.74. The fraction of sp³-hybridized carbons (Fsp3) is 0.318. The highest BCUT2D eigenvalue weighted by molar-refractivity contribution is 7.80. The predicted octanol–water partition coefficient (Wildman–Crippen LogP) is 4.69. The molecule has 152 valence electrons. The van der Waals surface area contributed by atoms with Gasteiger partial charge < -0.3 is 10.2 Å². The topological polar surface area (TPSA) is 46.9 Å². The van der Waals surface area contributed by atoms with Crippen molar-refractivity contribution in [1.82, 2.24) is 9.80 Å². The average molecular weight is 445 g/mol. The number of rotatable bonds is 6. The second kappa shape index (κ2) is 9.47. The summed E-state index contributed by atoms with van der Waals surface area (Å²) in [4.78, 5) is 5.80. The van der Waals surface area contributed by atoms with Gasteiger partial charge >= 0.3 is 0 Å². The zero-order valence-corrected chi connectivity index (χ0v) is 18.5. The normalized spacial score (nSPS) is 15.6. The molecule has 0 saturated carbocycles. The molecule has 0 bridgehead atoms. The molecule has 29 heavy (non-hydrogen) atoms. The van der Waals surface area contributed by atoms with Crippen LogP contribution < -0.4 is 0 Å². The van der Waals surface area contributed by atoms with Gasteiger partial charge in [0.15, 0.2) is 0 Å². The van der Waals surface area contributed by atoms with E-state index < -0.39 is 0 Å². The molecular formula is C22H24N2O2S3. The molecule has 2 heterocycles. The van der Waals surface area contributed by atoms with Gasteiger partial charge in [0, 0.05) is 50.4 Å². The minimum atomic E-state index is 0.208. The SMILES string of the molecule is OCCN1CCN(Cc2cc(-c3ssc(=S)c3-c3ccccc3)ccc2O)CC1. The highest BCUT2D eigenvalue weighted by Gasteiger charge is 2.19. The Morgan fingerprint density at radius 3 is 2.34 bits per heavy atom. The lowest BCUT2D eigenvalue weighted by atomic mass is 10.0. The van der Waals surface area contributed by atoms with Gasteiger partial charge in [0.1, 0.15) is 9.57 Å². The summed E-state index contributed by atoms with van der Waals surface area (Å²) in [7, 11) is 3.33. The molecule has 0 unspecified atom stereocenters. The summed E-state index contributed by atoms with van der Waals surface area (Å²) < 4.78 is 0.908. The van der Waals surface area contributed by atoms with Gasteiger partial charge in [0.25, 0.3) is 0 Å². The first-order valence-corrected chi connectivity index (χ1v) is 12.3. The van der Waals surface area contributed by atoms with Crippen molar-refractivity contribution in [2.75, 3.05) is 39.3 Å². The Balaban J connectivity index is 1.58. The van der Waals surface area contributed by atoms with Crippen LogP contribution in [0, 0.1) is 3.82 Å². The van der Waals surface area contributed by atoms with Gasteiger partial charge in [-0.05, 0) is 29.3 Å². The smallest absolute Gasteiger partial charge is 0.120 e. The van der Waals surface area contributed by atoms with E-state index in [0.29, 0.717) is 5.75 Å². The summed E-state index contributed by atoms with van der Waals surface area (Å²) in [5.41, 5.74) is 4.30.